The molecule has 0 unspecified atom stereocenters. The van der Waals surface area contributed by atoms with Crippen LogP contribution in [0.2, 0.25) is 10.0 Å². The van der Waals surface area contributed by atoms with E-state index in [-0.39, 0.29) is 0 Å². The third-order valence-electron chi connectivity index (χ3n) is 5.20. The van der Waals surface area contributed by atoms with Crippen LogP contribution in [0.25, 0.3) is 22.4 Å². The summed E-state index contributed by atoms with van der Waals surface area (Å²) in [5, 5.41) is 8.04. The van der Waals surface area contributed by atoms with Crippen molar-refractivity contribution in [1.82, 2.24) is 20.2 Å². The fourth-order valence-corrected chi connectivity index (χ4v) is 3.81. The summed E-state index contributed by atoms with van der Waals surface area (Å²) in [4.78, 5) is 11.3. The van der Waals surface area contributed by atoms with Gasteiger partial charge in [-0.25, -0.2) is 14.4 Å². The Kier molecular flexibility index (Phi) is 4.72. The summed E-state index contributed by atoms with van der Waals surface area (Å²) < 4.78 is 13.8. The predicted octanol–water partition coefficient (Wildman–Crippen LogP) is 5.42. The lowest BCUT2D eigenvalue weighted by Gasteiger charge is -2.37. The molecule has 3 aromatic rings. The van der Waals surface area contributed by atoms with Crippen molar-refractivity contribution in [3.63, 3.8) is 0 Å². The molecule has 0 spiro atoms. The third-order valence-corrected chi connectivity index (χ3v) is 6.02. The lowest BCUT2D eigenvalue weighted by molar-refractivity contribution is 0.278. The van der Waals surface area contributed by atoms with Crippen molar-refractivity contribution >= 4 is 40.2 Å². The Hall–Kier alpha value is -1.92. The van der Waals surface area contributed by atoms with Crippen molar-refractivity contribution in [2.75, 3.05) is 18.0 Å². The Morgan fingerprint density at radius 1 is 1.19 bits per heavy atom. The summed E-state index contributed by atoms with van der Waals surface area (Å²) in [6.07, 6.45) is 2.06. The van der Waals surface area contributed by atoms with Gasteiger partial charge in [-0.05, 0) is 24.3 Å². The van der Waals surface area contributed by atoms with Gasteiger partial charge >= 0.3 is 0 Å². The molecule has 27 heavy (non-hydrogen) atoms. The minimum absolute atomic E-state index is 0.298. The standard InChI is InChI=1S/C19H20Cl2FN5/c1-19(2)6-8-27(9-7-19)18-13(10-22)23-16-15(25-26-17(16)24-18)11-4-3-5-12(20)14(11)21/h3-5H,6-10H2,1-2H3,(H,24,25,26). The molecule has 1 aromatic carbocycles. The number of piperidine rings is 1. The van der Waals surface area contributed by atoms with Crippen LogP contribution in [0.5, 0.6) is 0 Å². The lowest BCUT2D eigenvalue weighted by atomic mass is 9.83. The average Bonchev–Trinajstić information content (AvgIpc) is 3.05. The van der Waals surface area contributed by atoms with Gasteiger partial charge in [0.2, 0.25) is 5.65 Å². The molecule has 0 atom stereocenters. The second kappa shape index (κ2) is 6.91. The zero-order valence-electron chi connectivity index (χ0n) is 15.2. The van der Waals surface area contributed by atoms with Gasteiger partial charge in [0.15, 0.2) is 5.82 Å². The summed E-state index contributed by atoms with van der Waals surface area (Å²) in [6.45, 7) is 5.48. The number of H-pyrrole nitrogens is 1. The molecule has 4 rings (SSSR count). The van der Waals surface area contributed by atoms with Crippen LogP contribution in [0.15, 0.2) is 18.2 Å². The predicted molar refractivity (Wildman–Crippen MR) is 107 cm³/mol. The van der Waals surface area contributed by atoms with Gasteiger partial charge in [-0.15, -0.1) is 0 Å². The number of nitrogens with one attached hydrogen (secondary N) is 1. The number of hydrogen-bond acceptors (Lipinski definition) is 4. The molecule has 1 aliphatic rings. The summed E-state index contributed by atoms with van der Waals surface area (Å²) in [6, 6.07) is 5.32. The number of nitrogens with zero attached hydrogens (tertiary/aromatic N) is 4. The number of fused-ring (bicyclic) bond motifs is 1. The van der Waals surface area contributed by atoms with E-state index in [1.165, 1.54) is 0 Å². The van der Waals surface area contributed by atoms with Crippen molar-refractivity contribution in [3.8, 4) is 11.3 Å². The van der Waals surface area contributed by atoms with Crippen LogP contribution in [-0.4, -0.2) is 33.3 Å². The molecule has 3 heterocycles. The van der Waals surface area contributed by atoms with E-state index in [1.807, 2.05) is 6.07 Å². The molecule has 0 aliphatic carbocycles. The van der Waals surface area contributed by atoms with Crippen molar-refractivity contribution in [1.29, 1.82) is 0 Å². The van der Waals surface area contributed by atoms with Crippen molar-refractivity contribution in [2.45, 2.75) is 33.4 Å². The highest BCUT2D eigenvalue weighted by atomic mass is 35.5. The van der Waals surface area contributed by atoms with Gasteiger partial charge in [-0.3, -0.25) is 5.10 Å². The van der Waals surface area contributed by atoms with Crippen LogP contribution in [0.1, 0.15) is 32.4 Å². The molecular weight excluding hydrogens is 388 g/mol. The number of rotatable bonds is 3. The minimum Gasteiger partial charge on any atom is -0.355 e. The van der Waals surface area contributed by atoms with Gasteiger partial charge in [0, 0.05) is 18.7 Å². The highest BCUT2D eigenvalue weighted by molar-refractivity contribution is 6.43. The Morgan fingerprint density at radius 2 is 1.93 bits per heavy atom. The number of aromatic nitrogens is 4. The van der Waals surface area contributed by atoms with Gasteiger partial charge in [0.1, 0.15) is 17.9 Å². The molecule has 2 aromatic heterocycles. The molecule has 0 radical (unpaired) electrons. The minimum atomic E-state index is -0.688. The first-order chi connectivity index (χ1) is 12.9. The Labute approximate surface area is 166 Å². The summed E-state index contributed by atoms with van der Waals surface area (Å²) in [5.41, 5.74) is 2.81. The Balaban J connectivity index is 1.78. The number of halogens is 3. The number of hydrogen-bond donors (Lipinski definition) is 1. The fourth-order valence-electron chi connectivity index (χ4n) is 3.41. The van der Waals surface area contributed by atoms with Gasteiger partial charge in [-0.1, -0.05) is 49.2 Å². The van der Waals surface area contributed by atoms with E-state index in [4.69, 9.17) is 23.2 Å². The third kappa shape index (κ3) is 3.36. The molecular formula is C19H20Cl2FN5. The van der Waals surface area contributed by atoms with Crippen LogP contribution in [0.4, 0.5) is 10.2 Å². The molecule has 0 amide bonds. The van der Waals surface area contributed by atoms with Crippen molar-refractivity contribution < 1.29 is 4.39 Å². The number of aromatic amines is 1. The first-order valence-corrected chi connectivity index (χ1v) is 9.65. The molecule has 0 saturated carbocycles. The second-order valence-electron chi connectivity index (χ2n) is 7.65. The van der Waals surface area contributed by atoms with Crippen molar-refractivity contribution in [2.24, 2.45) is 5.41 Å². The molecule has 8 heteroatoms. The second-order valence-corrected chi connectivity index (χ2v) is 8.44. The van der Waals surface area contributed by atoms with Crippen LogP contribution in [-0.2, 0) is 6.67 Å². The fraction of sp³-hybridized carbons (Fsp3) is 0.421. The van der Waals surface area contributed by atoms with E-state index in [2.05, 4.69) is 38.9 Å². The monoisotopic (exact) mass is 407 g/mol. The molecule has 5 nitrogen and oxygen atoms in total. The maximum absolute atomic E-state index is 13.8. The van der Waals surface area contributed by atoms with Crippen LogP contribution in [0, 0.1) is 5.41 Å². The van der Waals surface area contributed by atoms with Gasteiger partial charge in [0.25, 0.3) is 0 Å². The Bertz CT molecular complexity index is 991. The van der Waals surface area contributed by atoms with E-state index in [9.17, 15) is 4.39 Å². The maximum atomic E-state index is 13.8. The van der Waals surface area contributed by atoms with Gasteiger partial charge < -0.3 is 4.90 Å². The zero-order valence-corrected chi connectivity index (χ0v) is 16.7. The lowest BCUT2D eigenvalue weighted by Crippen LogP contribution is -2.38. The molecule has 1 aliphatic heterocycles. The molecule has 1 N–H and O–H groups in total. The van der Waals surface area contributed by atoms with E-state index in [0.717, 1.165) is 25.9 Å². The summed E-state index contributed by atoms with van der Waals surface area (Å²) in [7, 11) is 0. The average molecular weight is 408 g/mol. The summed E-state index contributed by atoms with van der Waals surface area (Å²) >= 11 is 12.4. The normalized spacial score (nSPS) is 16.9. The van der Waals surface area contributed by atoms with Crippen molar-refractivity contribution in [3.05, 3.63) is 33.9 Å². The number of anilines is 1. The van der Waals surface area contributed by atoms with Gasteiger partial charge in [0.05, 0.1) is 15.7 Å². The van der Waals surface area contributed by atoms with E-state index in [1.54, 1.807) is 12.1 Å². The highest BCUT2D eigenvalue weighted by Gasteiger charge is 2.28. The number of alkyl halides is 1. The topological polar surface area (TPSA) is 57.7 Å². The Morgan fingerprint density at radius 3 is 2.63 bits per heavy atom. The quantitative estimate of drug-likeness (QED) is 0.629. The first-order valence-electron chi connectivity index (χ1n) is 8.90. The number of benzene rings is 1. The molecule has 1 saturated heterocycles. The first kappa shape index (κ1) is 18.4. The summed E-state index contributed by atoms with van der Waals surface area (Å²) in [5.74, 6) is 0.579. The maximum Gasteiger partial charge on any atom is 0.202 e. The van der Waals surface area contributed by atoms with E-state index < -0.39 is 6.67 Å². The van der Waals surface area contributed by atoms with Gasteiger partial charge in [-0.2, -0.15) is 5.10 Å². The van der Waals surface area contributed by atoms with Crippen LogP contribution in [0.3, 0.4) is 0 Å². The highest BCUT2D eigenvalue weighted by Crippen LogP contribution is 2.37. The largest absolute Gasteiger partial charge is 0.355 e. The molecule has 142 valence electrons. The van der Waals surface area contributed by atoms with E-state index >= 15 is 0 Å². The SMILES string of the molecule is CC1(C)CCN(c2nc3n[nH]c(-c4cccc(Cl)c4Cl)c3nc2CF)CC1. The van der Waals surface area contributed by atoms with Crippen LogP contribution < -0.4 is 4.90 Å². The van der Waals surface area contributed by atoms with Crippen LogP contribution >= 0.6 is 23.2 Å². The molecule has 1 fully saturated rings. The van der Waals surface area contributed by atoms with E-state index in [0.29, 0.717) is 49.4 Å². The molecule has 0 bridgehead atoms. The smallest absolute Gasteiger partial charge is 0.202 e. The zero-order chi connectivity index (χ0) is 19.2.